The topological polar surface area (TPSA) is 85.1 Å². The summed E-state index contributed by atoms with van der Waals surface area (Å²) >= 11 is 0. The number of anilines is 1. The molecule has 0 aromatic carbocycles. The lowest BCUT2D eigenvalue weighted by molar-refractivity contribution is -0.385. The molecular formula is C11H15N3O3. The van der Waals surface area contributed by atoms with Gasteiger partial charge in [-0.3, -0.25) is 14.9 Å². The second kappa shape index (κ2) is 5.93. The molecule has 0 fully saturated rings. The first-order valence-corrected chi connectivity index (χ1v) is 5.38. The third kappa shape index (κ3) is 3.82. The molecule has 1 N–H and O–H groups in total. The minimum absolute atomic E-state index is 0.179. The van der Waals surface area contributed by atoms with Gasteiger partial charge in [-0.2, -0.15) is 0 Å². The van der Waals surface area contributed by atoms with Crippen molar-refractivity contribution in [3.8, 4) is 0 Å². The van der Waals surface area contributed by atoms with Gasteiger partial charge in [0.1, 0.15) is 12.0 Å². The van der Waals surface area contributed by atoms with Crippen LogP contribution in [-0.2, 0) is 0 Å². The highest BCUT2D eigenvalue weighted by Crippen LogP contribution is 2.17. The van der Waals surface area contributed by atoms with Crippen molar-refractivity contribution in [1.82, 2.24) is 4.98 Å². The predicted molar refractivity (Wildman–Crippen MR) is 64.2 cm³/mol. The van der Waals surface area contributed by atoms with Gasteiger partial charge in [0.05, 0.1) is 10.5 Å². The molecule has 17 heavy (non-hydrogen) atoms. The normalized spacial score (nSPS) is 10.3. The van der Waals surface area contributed by atoms with Gasteiger partial charge < -0.3 is 5.32 Å². The lowest BCUT2D eigenvalue weighted by Crippen LogP contribution is -2.08. The van der Waals surface area contributed by atoms with Crippen molar-refractivity contribution in [2.45, 2.75) is 20.3 Å². The predicted octanol–water partition coefficient (Wildman–Crippen LogP) is 2.26. The van der Waals surface area contributed by atoms with Crippen molar-refractivity contribution in [3.05, 3.63) is 27.9 Å². The van der Waals surface area contributed by atoms with Gasteiger partial charge in [0, 0.05) is 12.6 Å². The van der Waals surface area contributed by atoms with Crippen LogP contribution >= 0.6 is 0 Å². The summed E-state index contributed by atoms with van der Waals surface area (Å²) < 4.78 is 0. The Morgan fingerprint density at radius 3 is 2.82 bits per heavy atom. The minimum atomic E-state index is -0.572. The molecule has 0 aliphatic rings. The number of aromatic nitrogens is 1. The van der Waals surface area contributed by atoms with Gasteiger partial charge >= 0.3 is 0 Å². The standard InChI is InChI=1S/C11H15N3O3/c1-8(2)3-4-12-11-9(7-15)5-10(6-13-11)14(16)17/h5-8H,3-4H2,1-2H3,(H,12,13). The lowest BCUT2D eigenvalue weighted by Gasteiger charge is -2.08. The van der Waals surface area contributed by atoms with Crippen LogP contribution in [0, 0.1) is 16.0 Å². The van der Waals surface area contributed by atoms with E-state index in [0.717, 1.165) is 12.6 Å². The smallest absolute Gasteiger partial charge is 0.288 e. The van der Waals surface area contributed by atoms with E-state index in [1.165, 1.54) is 6.07 Å². The van der Waals surface area contributed by atoms with Gasteiger partial charge in [0.25, 0.3) is 5.69 Å². The summed E-state index contributed by atoms with van der Waals surface area (Å²) in [7, 11) is 0. The lowest BCUT2D eigenvalue weighted by atomic mass is 10.1. The molecule has 0 saturated carbocycles. The quantitative estimate of drug-likeness (QED) is 0.466. The van der Waals surface area contributed by atoms with Crippen LogP contribution in [0.2, 0.25) is 0 Å². The van der Waals surface area contributed by atoms with E-state index in [1.54, 1.807) is 0 Å². The summed E-state index contributed by atoms with van der Waals surface area (Å²) in [6.07, 6.45) is 2.65. The molecule has 0 bridgehead atoms. The Hall–Kier alpha value is -1.98. The molecule has 0 aliphatic carbocycles. The van der Waals surface area contributed by atoms with E-state index >= 15 is 0 Å². The minimum Gasteiger partial charge on any atom is -0.369 e. The number of carbonyl (C=O) groups excluding carboxylic acids is 1. The zero-order valence-corrected chi connectivity index (χ0v) is 9.84. The molecule has 1 heterocycles. The maximum absolute atomic E-state index is 10.8. The van der Waals surface area contributed by atoms with E-state index < -0.39 is 4.92 Å². The number of rotatable bonds is 6. The second-order valence-corrected chi connectivity index (χ2v) is 4.12. The van der Waals surface area contributed by atoms with Gasteiger partial charge in [-0.25, -0.2) is 4.98 Å². The van der Waals surface area contributed by atoms with Crippen LogP contribution in [0.3, 0.4) is 0 Å². The zero-order chi connectivity index (χ0) is 12.8. The number of nitro groups is 1. The molecule has 0 atom stereocenters. The third-order valence-corrected chi connectivity index (χ3v) is 2.25. The van der Waals surface area contributed by atoms with Gasteiger partial charge in [0.2, 0.25) is 0 Å². The fraction of sp³-hybridized carbons (Fsp3) is 0.455. The van der Waals surface area contributed by atoms with Crippen LogP contribution < -0.4 is 5.32 Å². The van der Waals surface area contributed by atoms with E-state index in [4.69, 9.17) is 0 Å². The van der Waals surface area contributed by atoms with Crippen LogP contribution in [0.1, 0.15) is 30.6 Å². The molecular weight excluding hydrogens is 222 g/mol. The maximum atomic E-state index is 10.8. The van der Waals surface area contributed by atoms with Gasteiger partial charge in [0.15, 0.2) is 6.29 Å². The molecule has 0 saturated heterocycles. The Bertz CT molecular complexity index is 418. The van der Waals surface area contributed by atoms with Crippen molar-refractivity contribution < 1.29 is 9.72 Å². The molecule has 0 unspecified atom stereocenters. The summed E-state index contributed by atoms with van der Waals surface area (Å²) in [5.41, 5.74) is 0.0319. The molecule has 0 radical (unpaired) electrons. The average molecular weight is 237 g/mol. The van der Waals surface area contributed by atoms with Crippen LogP contribution in [0.5, 0.6) is 0 Å². The first-order valence-electron chi connectivity index (χ1n) is 5.38. The second-order valence-electron chi connectivity index (χ2n) is 4.12. The number of hydrogen-bond acceptors (Lipinski definition) is 5. The summed E-state index contributed by atoms with van der Waals surface area (Å²) in [6, 6.07) is 1.22. The summed E-state index contributed by atoms with van der Waals surface area (Å²) in [6.45, 7) is 4.86. The fourth-order valence-corrected chi connectivity index (χ4v) is 1.29. The highest BCUT2D eigenvalue weighted by Gasteiger charge is 2.11. The third-order valence-electron chi connectivity index (χ3n) is 2.25. The zero-order valence-electron chi connectivity index (χ0n) is 9.84. The van der Waals surface area contributed by atoms with Crippen molar-refractivity contribution in [2.24, 2.45) is 5.92 Å². The van der Waals surface area contributed by atoms with Gasteiger partial charge in [-0.15, -0.1) is 0 Å². The number of carbonyl (C=O) groups is 1. The van der Waals surface area contributed by atoms with Crippen molar-refractivity contribution >= 4 is 17.8 Å². The van der Waals surface area contributed by atoms with E-state index in [0.29, 0.717) is 24.6 Å². The number of hydrogen-bond donors (Lipinski definition) is 1. The molecule has 6 nitrogen and oxygen atoms in total. The number of pyridine rings is 1. The van der Waals surface area contributed by atoms with Crippen molar-refractivity contribution in [2.75, 3.05) is 11.9 Å². The van der Waals surface area contributed by atoms with Gasteiger partial charge in [-0.05, 0) is 12.3 Å². The van der Waals surface area contributed by atoms with E-state index in [-0.39, 0.29) is 11.3 Å². The van der Waals surface area contributed by atoms with Crippen LogP contribution in [0.15, 0.2) is 12.3 Å². The Kier molecular flexibility index (Phi) is 4.56. The Morgan fingerprint density at radius 1 is 1.59 bits per heavy atom. The van der Waals surface area contributed by atoms with Crippen LogP contribution in [0.25, 0.3) is 0 Å². The van der Waals surface area contributed by atoms with Crippen molar-refractivity contribution in [1.29, 1.82) is 0 Å². The monoisotopic (exact) mass is 237 g/mol. The SMILES string of the molecule is CC(C)CCNc1ncc([N+](=O)[O-])cc1C=O. The molecule has 1 rings (SSSR count). The molecule has 1 aromatic rings. The first-order chi connectivity index (χ1) is 8.04. The van der Waals surface area contributed by atoms with Crippen molar-refractivity contribution in [3.63, 3.8) is 0 Å². The fourth-order valence-electron chi connectivity index (χ4n) is 1.29. The highest BCUT2D eigenvalue weighted by molar-refractivity contribution is 5.83. The Morgan fingerprint density at radius 2 is 2.29 bits per heavy atom. The van der Waals surface area contributed by atoms with Crippen LogP contribution in [-0.4, -0.2) is 22.7 Å². The maximum Gasteiger partial charge on any atom is 0.288 e. The molecule has 6 heteroatoms. The summed E-state index contributed by atoms with van der Waals surface area (Å²) in [4.78, 5) is 24.6. The Labute approximate surface area is 99.2 Å². The largest absolute Gasteiger partial charge is 0.369 e. The number of nitrogens with one attached hydrogen (secondary N) is 1. The molecule has 1 aromatic heterocycles. The highest BCUT2D eigenvalue weighted by atomic mass is 16.6. The Balaban J connectivity index is 2.78. The molecule has 0 aliphatic heterocycles. The number of nitrogens with zero attached hydrogens (tertiary/aromatic N) is 2. The summed E-state index contributed by atoms with van der Waals surface area (Å²) in [5, 5.41) is 13.5. The van der Waals surface area contributed by atoms with Gasteiger partial charge in [-0.1, -0.05) is 13.8 Å². The molecule has 0 amide bonds. The summed E-state index contributed by atoms with van der Waals surface area (Å²) in [5.74, 6) is 0.937. The van der Waals surface area contributed by atoms with E-state index in [2.05, 4.69) is 24.1 Å². The van der Waals surface area contributed by atoms with Crippen LogP contribution in [0.4, 0.5) is 11.5 Å². The molecule has 0 spiro atoms. The van der Waals surface area contributed by atoms with E-state index in [9.17, 15) is 14.9 Å². The molecule has 92 valence electrons. The number of aldehydes is 1. The average Bonchev–Trinajstić information content (AvgIpc) is 2.28. The van der Waals surface area contributed by atoms with E-state index in [1.807, 2.05) is 0 Å². The first kappa shape index (κ1) is 13.1.